The average Bonchev–Trinajstić information content (AvgIpc) is 2.52. The van der Waals surface area contributed by atoms with Gasteiger partial charge in [-0.15, -0.1) is 0 Å². The van der Waals surface area contributed by atoms with Gasteiger partial charge in [-0.3, -0.25) is 4.99 Å². The van der Waals surface area contributed by atoms with Crippen molar-refractivity contribution in [3.8, 4) is 0 Å². The molecule has 0 unspecified atom stereocenters. The molecule has 0 spiro atoms. The fraction of sp³-hybridized carbons (Fsp3) is 0.917. The van der Waals surface area contributed by atoms with Gasteiger partial charge < -0.3 is 5.32 Å². The number of hydrogen-bond donors (Lipinski definition) is 1. The Morgan fingerprint density at radius 2 is 2.20 bits per heavy atom. The van der Waals surface area contributed by atoms with E-state index in [9.17, 15) is 0 Å². The highest BCUT2D eigenvalue weighted by atomic mass is 32.2. The van der Waals surface area contributed by atoms with Crippen LogP contribution in [0, 0.1) is 11.3 Å². The molecule has 86 valence electrons. The average molecular weight is 226 g/mol. The van der Waals surface area contributed by atoms with Crippen LogP contribution in [0.5, 0.6) is 0 Å². The van der Waals surface area contributed by atoms with E-state index in [-0.39, 0.29) is 0 Å². The second-order valence-electron chi connectivity index (χ2n) is 5.79. The fourth-order valence-electron chi connectivity index (χ4n) is 3.05. The van der Waals surface area contributed by atoms with Crippen molar-refractivity contribution in [1.82, 2.24) is 5.32 Å². The molecular formula is C12H22N2S. The van der Waals surface area contributed by atoms with Gasteiger partial charge in [0.15, 0.2) is 5.17 Å². The third-order valence-electron chi connectivity index (χ3n) is 3.30. The van der Waals surface area contributed by atoms with E-state index in [4.69, 9.17) is 0 Å². The summed E-state index contributed by atoms with van der Waals surface area (Å²) in [5, 5.41) is 4.80. The molecule has 2 atom stereocenters. The van der Waals surface area contributed by atoms with Crippen LogP contribution in [0.2, 0.25) is 0 Å². The van der Waals surface area contributed by atoms with E-state index in [1.54, 1.807) is 0 Å². The summed E-state index contributed by atoms with van der Waals surface area (Å²) in [6.45, 7) is 8.15. The molecule has 0 aromatic carbocycles. The number of nitrogens with one attached hydrogen (secondary N) is 1. The SMILES string of the molecule is C[C@H]1C[C@H](NC2=NCCS2)CC(C)(C)C1. The first-order chi connectivity index (χ1) is 7.05. The van der Waals surface area contributed by atoms with E-state index < -0.39 is 0 Å². The molecule has 0 aromatic heterocycles. The second kappa shape index (κ2) is 4.36. The van der Waals surface area contributed by atoms with Crippen LogP contribution >= 0.6 is 11.8 Å². The quantitative estimate of drug-likeness (QED) is 0.743. The highest BCUT2D eigenvalue weighted by molar-refractivity contribution is 8.14. The van der Waals surface area contributed by atoms with Crippen molar-refractivity contribution in [3.63, 3.8) is 0 Å². The summed E-state index contributed by atoms with van der Waals surface area (Å²) in [5.74, 6) is 2.01. The van der Waals surface area contributed by atoms with Gasteiger partial charge in [0.05, 0.1) is 6.54 Å². The van der Waals surface area contributed by atoms with Crippen LogP contribution in [0.25, 0.3) is 0 Å². The van der Waals surface area contributed by atoms with Gasteiger partial charge in [0.25, 0.3) is 0 Å². The van der Waals surface area contributed by atoms with Gasteiger partial charge in [0.1, 0.15) is 0 Å². The molecule has 0 amide bonds. The smallest absolute Gasteiger partial charge is 0.156 e. The Morgan fingerprint density at radius 3 is 2.80 bits per heavy atom. The fourth-order valence-corrected chi connectivity index (χ4v) is 3.86. The van der Waals surface area contributed by atoms with Crippen molar-refractivity contribution in [2.45, 2.75) is 46.1 Å². The minimum absolute atomic E-state index is 0.499. The molecule has 1 N–H and O–H groups in total. The molecule has 1 saturated carbocycles. The Kier molecular flexibility index (Phi) is 3.29. The van der Waals surface area contributed by atoms with Crippen LogP contribution in [-0.2, 0) is 0 Å². The van der Waals surface area contributed by atoms with Gasteiger partial charge in [0, 0.05) is 11.8 Å². The molecule has 3 heteroatoms. The molecule has 1 heterocycles. The third kappa shape index (κ3) is 3.13. The van der Waals surface area contributed by atoms with Crippen LogP contribution in [0.4, 0.5) is 0 Å². The molecule has 0 bridgehead atoms. The molecule has 2 nitrogen and oxygen atoms in total. The number of rotatable bonds is 1. The summed E-state index contributed by atoms with van der Waals surface area (Å²) in [6.07, 6.45) is 3.96. The largest absolute Gasteiger partial charge is 0.362 e. The number of aliphatic imine (C=N–C) groups is 1. The number of amidine groups is 1. The zero-order chi connectivity index (χ0) is 10.9. The normalized spacial score (nSPS) is 35.0. The monoisotopic (exact) mass is 226 g/mol. The summed E-state index contributed by atoms with van der Waals surface area (Å²) in [4.78, 5) is 4.47. The lowest BCUT2D eigenvalue weighted by molar-refractivity contribution is 0.162. The minimum atomic E-state index is 0.499. The lowest BCUT2D eigenvalue weighted by Crippen LogP contribution is -2.41. The van der Waals surface area contributed by atoms with Crippen molar-refractivity contribution < 1.29 is 0 Å². The van der Waals surface area contributed by atoms with E-state index in [1.165, 1.54) is 24.4 Å². The summed E-state index contributed by atoms with van der Waals surface area (Å²) in [7, 11) is 0. The summed E-state index contributed by atoms with van der Waals surface area (Å²) >= 11 is 1.88. The van der Waals surface area contributed by atoms with Crippen molar-refractivity contribution in [2.75, 3.05) is 12.3 Å². The lowest BCUT2D eigenvalue weighted by Gasteiger charge is -2.39. The maximum Gasteiger partial charge on any atom is 0.156 e. The topological polar surface area (TPSA) is 24.4 Å². The summed E-state index contributed by atoms with van der Waals surface area (Å²) in [5.41, 5.74) is 0.499. The molecular weight excluding hydrogens is 204 g/mol. The van der Waals surface area contributed by atoms with Gasteiger partial charge in [-0.25, -0.2) is 0 Å². The van der Waals surface area contributed by atoms with E-state index >= 15 is 0 Å². The Labute approximate surface area is 97.3 Å². The third-order valence-corrected chi connectivity index (χ3v) is 4.21. The molecule has 15 heavy (non-hydrogen) atoms. The van der Waals surface area contributed by atoms with Crippen LogP contribution < -0.4 is 5.32 Å². The molecule has 1 fully saturated rings. The first-order valence-corrected chi connectivity index (χ1v) is 6.97. The summed E-state index contributed by atoms with van der Waals surface area (Å²) in [6, 6.07) is 0.646. The van der Waals surface area contributed by atoms with Gasteiger partial charge in [-0.1, -0.05) is 32.5 Å². The van der Waals surface area contributed by atoms with Gasteiger partial charge >= 0.3 is 0 Å². The number of nitrogens with zero attached hydrogens (tertiary/aromatic N) is 1. The zero-order valence-electron chi connectivity index (χ0n) is 10.0. The molecule has 2 rings (SSSR count). The zero-order valence-corrected chi connectivity index (χ0v) is 10.9. The Morgan fingerprint density at radius 1 is 1.40 bits per heavy atom. The predicted molar refractivity (Wildman–Crippen MR) is 68.5 cm³/mol. The van der Waals surface area contributed by atoms with Crippen molar-refractivity contribution in [3.05, 3.63) is 0 Å². The van der Waals surface area contributed by atoms with E-state index in [1.807, 2.05) is 11.8 Å². The molecule has 0 saturated heterocycles. The predicted octanol–water partition coefficient (Wildman–Crippen LogP) is 2.89. The van der Waals surface area contributed by atoms with Crippen molar-refractivity contribution in [1.29, 1.82) is 0 Å². The van der Waals surface area contributed by atoms with Crippen molar-refractivity contribution >= 4 is 16.9 Å². The molecule has 1 aliphatic carbocycles. The van der Waals surface area contributed by atoms with Gasteiger partial charge in [-0.2, -0.15) is 0 Å². The van der Waals surface area contributed by atoms with Crippen LogP contribution in [-0.4, -0.2) is 23.5 Å². The molecule has 0 radical (unpaired) electrons. The first kappa shape index (κ1) is 11.3. The Bertz CT molecular complexity index is 260. The lowest BCUT2D eigenvalue weighted by atomic mass is 9.71. The van der Waals surface area contributed by atoms with Gasteiger partial charge in [-0.05, 0) is 30.6 Å². The second-order valence-corrected chi connectivity index (χ2v) is 6.87. The maximum absolute atomic E-state index is 4.47. The number of thioether (sulfide) groups is 1. The minimum Gasteiger partial charge on any atom is -0.362 e. The standard InChI is InChI=1S/C12H22N2S/c1-9-6-10(8-12(2,3)7-9)14-11-13-4-5-15-11/h9-10H,4-8H2,1-3H3,(H,13,14)/t9-,10-/m0/s1. The van der Waals surface area contributed by atoms with Crippen LogP contribution in [0.3, 0.4) is 0 Å². The maximum atomic E-state index is 4.47. The molecule has 1 aliphatic heterocycles. The highest BCUT2D eigenvalue weighted by Crippen LogP contribution is 2.38. The summed E-state index contributed by atoms with van der Waals surface area (Å²) < 4.78 is 0. The van der Waals surface area contributed by atoms with E-state index in [0.29, 0.717) is 11.5 Å². The van der Waals surface area contributed by atoms with E-state index in [2.05, 4.69) is 31.1 Å². The Hall–Kier alpha value is -0.180. The van der Waals surface area contributed by atoms with Crippen LogP contribution in [0.1, 0.15) is 40.0 Å². The Balaban J connectivity index is 1.91. The van der Waals surface area contributed by atoms with E-state index in [0.717, 1.165) is 18.2 Å². The highest BCUT2D eigenvalue weighted by Gasteiger charge is 2.32. The number of hydrogen-bond acceptors (Lipinski definition) is 3. The van der Waals surface area contributed by atoms with Gasteiger partial charge in [0.2, 0.25) is 0 Å². The van der Waals surface area contributed by atoms with Crippen LogP contribution in [0.15, 0.2) is 4.99 Å². The first-order valence-electron chi connectivity index (χ1n) is 5.99. The van der Waals surface area contributed by atoms with Crippen molar-refractivity contribution in [2.24, 2.45) is 16.3 Å². The molecule has 0 aromatic rings. The molecule has 2 aliphatic rings.